The molecule has 2 fully saturated rings. The molecule has 2 atom stereocenters. The number of rotatable bonds is 18. The summed E-state index contributed by atoms with van der Waals surface area (Å²) in [6, 6.07) is 57.5. The van der Waals surface area contributed by atoms with Crippen LogP contribution in [0, 0.1) is 39.5 Å². The van der Waals surface area contributed by atoms with Crippen molar-refractivity contribution in [2.75, 3.05) is 23.7 Å². The van der Waals surface area contributed by atoms with Crippen LogP contribution in [0.15, 0.2) is 170 Å². The number of carbonyl (C=O) groups is 2. The number of fused-ring (bicyclic) bond motifs is 1. The number of nitrogens with two attached hydrogens (primary N) is 2. The maximum atomic E-state index is 13.5. The Hall–Kier alpha value is -8.00. The predicted molar refractivity (Wildman–Crippen MR) is 313 cm³/mol. The Kier molecular flexibility index (Phi) is 17.0. The third-order valence-corrected chi connectivity index (χ3v) is 14.2. The molecular formula is C65H72N10O2. The van der Waals surface area contributed by atoms with E-state index in [9.17, 15) is 9.59 Å². The monoisotopic (exact) mass is 1020 g/mol. The first-order chi connectivity index (χ1) is 37.0. The van der Waals surface area contributed by atoms with E-state index in [1.807, 2.05) is 92.7 Å². The van der Waals surface area contributed by atoms with E-state index in [0.717, 1.165) is 81.3 Å². The number of aryl methyl sites for hydroxylation is 4. The highest BCUT2D eigenvalue weighted by Gasteiger charge is 2.26. The third kappa shape index (κ3) is 13.5. The van der Waals surface area contributed by atoms with Gasteiger partial charge < -0.3 is 32.7 Å². The number of benzene rings is 7. The van der Waals surface area contributed by atoms with Gasteiger partial charge in [-0.1, -0.05) is 122 Å². The average molecular weight is 1030 g/mol. The van der Waals surface area contributed by atoms with Gasteiger partial charge in [0, 0.05) is 24.5 Å². The Morgan fingerprint density at radius 3 is 1.42 bits per heavy atom. The van der Waals surface area contributed by atoms with Gasteiger partial charge in [0.05, 0.1) is 34.8 Å². The summed E-state index contributed by atoms with van der Waals surface area (Å²) in [6.07, 6.45) is 5.16. The molecule has 0 bridgehead atoms. The van der Waals surface area contributed by atoms with Gasteiger partial charge in [-0.15, -0.1) is 0 Å². The van der Waals surface area contributed by atoms with Gasteiger partial charge in [0.2, 0.25) is 0 Å². The van der Waals surface area contributed by atoms with Crippen molar-refractivity contribution >= 4 is 34.0 Å². The summed E-state index contributed by atoms with van der Waals surface area (Å²) in [4.78, 5) is 26.9. The summed E-state index contributed by atoms with van der Waals surface area (Å²) >= 11 is 0. The lowest BCUT2D eigenvalue weighted by Gasteiger charge is -2.21. The first-order valence-corrected chi connectivity index (χ1v) is 26.5. The van der Waals surface area contributed by atoms with Gasteiger partial charge in [0.25, 0.3) is 11.8 Å². The smallest absolute Gasteiger partial charge is 0.274 e. The molecule has 0 spiro atoms. The topological polar surface area (TPSA) is 170 Å². The van der Waals surface area contributed by atoms with Crippen LogP contribution in [0.2, 0.25) is 0 Å². The van der Waals surface area contributed by atoms with Crippen molar-refractivity contribution in [3.05, 3.63) is 237 Å². The Bertz CT molecular complexity index is 3500. The quantitative estimate of drug-likeness (QED) is 0.0493. The molecule has 0 radical (unpaired) electrons. The van der Waals surface area contributed by atoms with E-state index in [4.69, 9.17) is 11.5 Å². The molecule has 2 aliphatic carbocycles. The molecule has 0 aliphatic heterocycles. The van der Waals surface area contributed by atoms with Crippen molar-refractivity contribution < 1.29 is 9.59 Å². The zero-order chi connectivity index (χ0) is 52.7. The fraction of sp³-hybridized carbons (Fsp3) is 0.262. The number of amides is 2. The van der Waals surface area contributed by atoms with Crippen LogP contribution in [-0.2, 0) is 13.1 Å². The van der Waals surface area contributed by atoms with Gasteiger partial charge in [0.15, 0.2) is 0 Å². The number of nitrogens with zero attached hydrogens (tertiary/aromatic N) is 4. The third-order valence-electron chi connectivity index (χ3n) is 14.2. The van der Waals surface area contributed by atoms with E-state index in [0.29, 0.717) is 24.5 Å². The normalized spacial score (nSPS) is 13.7. The molecule has 2 aliphatic rings. The van der Waals surface area contributed by atoms with Crippen LogP contribution in [0.25, 0.3) is 22.1 Å². The summed E-state index contributed by atoms with van der Waals surface area (Å²) in [5, 5.41) is 25.4. The van der Waals surface area contributed by atoms with Crippen molar-refractivity contribution in [1.29, 1.82) is 0 Å². The van der Waals surface area contributed by atoms with Gasteiger partial charge in [-0.2, -0.15) is 10.2 Å². The predicted octanol–water partition coefficient (Wildman–Crippen LogP) is 12.4. The fourth-order valence-corrected chi connectivity index (χ4v) is 9.72. The van der Waals surface area contributed by atoms with Crippen LogP contribution in [0.1, 0.15) is 122 Å². The number of anilines is 2. The number of nitrogens with one attached hydrogen (secondary N) is 4. The highest BCUT2D eigenvalue weighted by molar-refractivity contribution is 6.04. The summed E-state index contributed by atoms with van der Waals surface area (Å²) in [5.41, 5.74) is 26.4. The first kappa shape index (κ1) is 53.8. The lowest BCUT2D eigenvalue weighted by Crippen LogP contribution is -2.25. The Labute approximate surface area is 453 Å². The Morgan fingerprint density at radius 2 is 0.922 bits per heavy atom. The highest BCUT2D eigenvalue weighted by atomic mass is 16.2. The molecule has 394 valence electrons. The van der Waals surface area contributed by atoms with Gasteiger partial charge in [-0.25, -0.2) is 9.36 Å². The molecule has 2 saturated carbocycles. The second kappa shape index (κ2) is 24.3. The van der Waals surface area contributed by atoms with Gasteiger partial charge >= 0.3 is 0 Å². The molecule has 2 unspecified atom stereocenters. The second-order valence-corrected chi connectivity index (χ2v) is 20.7. The van der Waals surface area contributed by atoms with Crippen LogP contribution in [0.3, 0.4) is 0 Å². The maximum absolute atomic E-state index is 13.5. The van der Waals surface area contributed by atoms with E-state index in [-0.39, 0.29) is 31.3 Å². The minimum absolute atomic E-state index is 0. The lowest BCUT2D eigenvalue weighted by atomic mass is 9.95. The molecule has 7 aromatic carbocycles. The van der Waals surface area contributed by atoms with Crippen molar-refractivity contribution in [2.45, 2.75) is 86.0 Å². The summed E-state index contributed by atoms with van der Waals surface area (Å²) in [5.74, 6) is 1.10. The number of hydrogen-bond donors (Lipinski definition) is 6. The second-order valence-electron chi connectivity index (χ2n) is 20.7. The van der Waals surface area contributed by atoms with E-state index in [1.54, 1.807) is 15.4 Å². The molecule has 9 aromatic rings. The van der Waals surface area contributed by atoms with Crippen LogP contribution in [0.5, 0.6) is 0 Å². The minimum atomic E-state index is -0.209. The Morgan fingerprint density at radius 1 is 0.494 bits per heavy atom. The average Bonchev–Trinajstić information content (AvgIpc) is 4.38. The van der Waals surface area contributed by atoms with Crippen molar-refractivity contribution in [3.8, 4) is 11.4 Å². The van der Waals surface area contributed by atoms with E-state index >= 15 is 0 Å². The zero-order valence-electron chi connectivity index (χ0n) is 43.9. The molecule has 2 aromatic heterocycles. The van der Waals surface area contributed by atoms with Gasteiger partial charge in [-0.3, -0.25) is 9.59 Å². The molecule has 77 heavy (non-hydrogen) atoms. The largest absolute Gasteiger partial charge is 0.326 e. The molecule has 0 saturated heterocycles. The zero-order valence-corrected chi connectivity index (χ0v) is 43.9. The van der Waals surface area contributed by atoms with E-state index < -0.39 is 0 Å². The van der Waals surface area contributed by atoms with Crippen LogP contribution in [0.4, 0.5) is 11.4 Å². The summed E-state index contributed by atoms with van der Waals surface area (Å²) in [7, 11) is 0. The first-order valence-electron chi connectivity index (χ1n) is 26.5. The molecule has 2 heterocycles. The molecule has 11 rings (SSSR count). The summed E-state index contributed by atoms with van der Waals surface area (Å²) in [6.45, 7) is 10.8. The fourth-order valence-electron chi connectivity index (χ4n) is 9.72. The number of aromatic nitrogens is 4. The molecule has 12 heteroatoms. The molecule has 12 nitrogen and oxygen atoms in total. The number of carbonyl (C=O) groups excluding carboxylic acids is 2. The highest BCUT2D eigenvalue weighted by Crippen LogP contribution is 2.34. The maximum Gasteiger partial charge on any atom is 0.274 e. The standard InChI is InChI=1S/C34H35N5O.C30H33N5O.CH4/c1-22-9-12-27-18-29(14-13-26(27)15-22)33(36-21-24-10-11-24)28-6-4-7-30(19-28)37-34(40)32-16-23(2)38-39(32)31-8-3-5-25(17-31)20-35;1-20-9-13-24(14-10-20)29(32-19-22-11-12-22)25-6-4-7-26(17-25)33-30(36)28-15-21(2)34-35(28)27-8-3-5-23(16-27)18-31;/h3-9,12-19,24,33,36H,10-11,20-21,35H2,1-2H3,(H,37,40);3-10,13-17,22,29,32H,11-12,18-19,31H2,1-2H3,(H,33,36);1H4. The van der Waals surface area contributed by atoms with Crippen molar-refractivity contribution in [3.63, 3.8) is 0 Å². The van der Waals surface area contributed by atoms with Gasteiger partial charge in [0.1, 0.15) is 11.4 Å². The lowest BCUT2D eigenvalue weighted by molar-refractivity contribution is 0.101. The molecule has 2 amide bonds. The molecular weight excluding hydrogens is 953 g/mol. The summed E-state index contributed by atoms with van der Waals surface area (Å²) < 4.78 is 3.37. The van der Waals surface area contributed by atoms with E-state index in [1.165, 1.54) is 58.7 Å². The van der Waals surface area contributed by atoms with Crippen molar-refractivity contribution in [2.24, 2.45) is 23.3 Å². The number of hydrogen-bond acceptors (Lipinski definition) is 8. The Balaban J connectivity index is 0.000000186. The van der Waals surface area contributed by atoms with E-state index in [2.05, 4.69) is 130 Å². The van der Waals surface area contributed by atoms with Crippen LogP contribution < -0.4 is 32.7 Å². The molecule has 8 N–H and O–H groups in total. The van der Waals surface area contributed by atoms with Crippen LogP contribution >= 0.6 is 0 Å². The SMILES string of the molecule is C.Cc1ccc(C(NCC2CC2)c2cccc(NC(=O)c3cc(C)nn3-c3cccc(CN)c3)c2)cc1.Cc1ccc2cc(C(NCC3CC3)c3cccc(NC(=O)c4cc(C)nn4-c4cccc(CN)c4)c3)ccc2c1. The van der Waals surface area contributed by atoms with Crippen LogP contribution in [-0.4, -0.2) is 44.5 Å². The minimum Gasteiger partial charge on any atom is -0.326 e. The van der Waals surface area contributed by atoms with Crippen molar-refractivity contribution in [1.82, 2.24) is 30.2 Å². The van der Waals surface area contributed by atoms with Gasteiger partial charge in [-0.05, 0) is 189 Å².